The highest BCUT2D eigenvalue weighted by molar-refractivity contribution is 5.97. The van der Waals surface area contributed by atoms with E-state index >= 15 is 0 Å². The normalized spacial score (nSPS) is 28.2. The Morgan fingerprint density at radius 3 is 2.50 bits per heavy atom. The van der Waals surface area contributed by atoms with E-state index in [1.165, 1.54) is 12.8 Å². The zero-order chi connectivity index (χ0) is 19.6. The SMILES string of the molecule is O=C(NC1CCCCCC1)[C@@H]1C[C@@]2(CCN(C(=O)c3ccccc3)C2)C(=O)N1. The van der Waals surface area contributed by atoms with Crippen molar-refractivity contribution < 1.29 is 14.4 Å². The fraction of sp³-hybridized carbons (Fsp3) is 0.591. The van der Waals surface area contributed by atoms with Crippen molar-refractivity contribution in [2.45, 2.75) is 63.5 Å². The summed E-state index contributed by atoms with van der Waals surface area (Å²) in [5.41, 5.74) is 0.0104. The van der Waals surface area contributed by atoms with Gasteiger partial charge >= 0.3 is 0 Å². The van der Waals surface area contributed by atoms with E-state index in [2.05, 4.69) is 10.6 Å². The maximum absolute atomic E-state index is 12.7. The first-order chi connectivity index (χ1) is 13.6. The van der Waals surface area contributed by atoms with E-state index in [1.54, 1.807) is 17.0 Å². The van der Waals surface area contributed by atoms with E-state index in [0.717, 1.165) is 25.7 Å². The molecule has 0 bridgehead atoms. The summed E-state index contributed by atoms with van der Waals surface area (Å²) in [6.07, 6.45) is 7.92. The van der Waals surface area contributed by atoms with Crippen molar-refractivity contribution in [2.24, 2.45) is 5.41 Å². The maximum atomic E-state index is 12.7. The van der Waals surface area contributed by atoms with Gasteiger partial charge in [-0.1, -0.05) is 43.9 Å². The standard InChI is InChI=1S/C22H29N3O3/c26-19(23-17-10-6-1-2-7-11-17)18-14-22(21(28)24-18)12-13-25(15-22)20(27)16-8-4-3-5-9-16/h3-5,8-9,17-18H,1-2,6-7,10-15H2,(H,23,26)(H,24,28)/t18-,22+/m0/s1. The first-order valence-electron chi connectivity index (χ1n) is 10.5. The Kier molecular flexibility index (Phi) is 5.38. The van der Waals surface area contributed by atoms with E-state index in [-0.39, 0.29) is 23.8 Å². The number of rotatable bonds is 3. The number of amides is 3. The van der Waals surface area contributed by atoms with Gasteiger partial charge < -0.3 is 15.5 Å². The zero-order valence-corrected chi connectivity index (χ0v) is 16.3. The third-order valence-corrected chi connectivity index (χ3v) is 6.56. The maximum Gasteiger partial charge on any atom is 0.253 e. The van der Waals surface area contributed by atoms with E-state index in [4.69, 9.17) is 0 Å². The predicted molar refractivity (Wildman–Crippen MR) is 106 cm³/mol. The average Bonchev–Trinajstić information content (AvgIpc) is 3.18. The lowest BCUT2D eigenvalue weighted by molar-refractivity contribution is -0.128. The van der Waals surface area contributed by atoms with Crippen LogP contribution in [0, 0.1) is 5.41 Å². The topological polar surface area (TPSA) is 78.5 Å². The van der Waals surface area contributed by atoms with Gasteiger partial charge in [0.15, 0.2) is 0 Å². The molecule has 2 atom stereocenters. The van der Waals surface area contributed by atoms with Crippen LogP contribution >= 0.6 is 0 Å². The molecule has 150 valence electrons. The molecular weight excluding hydrogens is 354 g/mol. The van der Waals surface area contributed by atoms with Gasteiger partial charge in [0.2, 0.25) is 11.8 Å². The van der Waals surface area contributed by atoms with E-state index in [0.29, 0.717) is 31.5 Å². The number of hydrogen-bond acceptors (Lipinski definition) is 3. The van der Waals surface area contributed by atoms with Gasteiger partial charge in [-0.3, -0.25) is 14.4 Å². The summed E-state index contributed by atoms with van der Waals surface area (Å²) in [4.78, 5) is 39.9. The first-order valence-corrected chi connectivity index (χ1v) is 10.5. The molecule has 3 amide bonds. The number of hydrogen-bond donors (Lipinski definition) is 2. The quantitative estimate of drug-likeness (QED) is 0.786. The van der Waals surface area contributed by atoms with Gasteiger partial charge in [0.1, 0.15) is 6.04 Å². The lowest BCUT2D eigenvalue weighted by Crippen LogP contribution is -2.45. The number of nitrogens with one attached hydrogen (secondary N) is 2. The van der Waals surface area contributed by atoms with Crippen LogP contribution in [-0.4, -0.2) is 47.8 Å². The van der Waals surface area contributed by atoms with Crippen LogP contribution in [0.25, 0.3) is 0 Å². The molecule has 6 nitrogen and oxygen atoms in total. The molecular formula is C22H29N3O3. The van der Waals surface area contributed by atoms with Crippen molar-refractivity contribution in [3.05, 3.63) is 35.9 Å². The molecule has 6 heteroatoms. The molecule has 1 spiro atoms. The van der Waals surface area contributed by atoms with Crippen LogP contribution in [0.2, 0.25) is 0 Å². The second-order valence-corrected chi connectivity index (χ2v) is 8.55. The summed E-state index contributed by atoms with van der Waals surface area (Å²) in [5.74, 6) is -0.196. The highest BCUT2D eigenvalue weighted by atomic mass is 16.2. The molecule has 0 radical (unpaired) electrons. The Balaban J connectivity index is 1.37. The summed E-state index contributed by atoms with van der Waals surface area (Å²) in [6.45, 7) is 0.942. The minimum Gasteiger partial charge on any atom is -0.352 e. The summed E-state index contributed by atoms with van der Waals surface area (Å²) < 4.78 is 0. The highest BCUT2D eigenvalue weighted by Gasteiger charge is 2.53. The molecule has 1 aliphatic carbocycles. The average molecular weight is 383 g/mol. The second-order valence-electron chi connectivity index (χ2n) is 8.55. The number of carbonyl (C=O) groups excluding carboxylic acids is 3. The number of benzene rings is 1. The third-order valence-electron chi connectivity index (χ3n) is 6.56. The first kappa shape index (κ1) is 19.0. The largest absolute Gasteiger partial charge is 0.352 e. The Bertz CT molecular complexity index is 743. The van der Waals surface area contributed by atoms with Crippen molar-refractivity contribution in [1.82, 2.24) is 15.5 Å². The lowest BCUT2D eigenvalue weighted by atomic mass is 9.83. The van der Waals surface area contributed by atoms with Crippen LogP contribution in [0.3, 0.4) is 0 Å². The summed E-state index contributed by atoms with van der Waals surface area (Å²) in [6, 6.07) is 8.90. The molecule has 3 fully saturated rings. The minimum absolute atomic E-state index is 0.0448. The molecule has 0 aromatic heterocycles. The monoisotopic (exact) mass is 383 g/mol. The molecule has 0 unspecified atom stereocenters. The van der Waals surface area contributed by atoms with Crippen molar-refractivity contribution in [3.8, 4) is 0 Å². The summed E-state index contributed by atoms with van der Waals surface area (Å²) in [5, 5.41) is 6.06. The molecule has 4 rings (SSSR count). The van der Waals surface area contributed by atoms with Gasteiger partial charge in [-0.05, 0) is 37.8 Å². The minimum atomic E-state index is -0.629. The summed E-state index contributed by atoms with van der Waals surface area (Å²) >= 11 is 0. The number of carbonyl (C=O) groups is 3. The van der Waals surface area contributed by atoms with Crippen LogP contribution in [0.15, 0.2) is 30.3 Å². The molecule has 1 aromatic rings. The van der Waals surface area contributed by atoms with Crippen molar-refractivity contribution in [1.29, 1.82) is 0 Å². The van der Waals surface area contributed by atoms with Crippen LogP contribution < -0.4 is 10.6 Å². The van der Waals surface area contributed by atoms with Gasteiger partial charge in [-0.25, -0.2) is 0 Å². The molecule has 2 heterocycles. The second kappa shape index (κ2) is 7.94. The highest BCUT2D eigenvalue weighted by Crippen LogP contribution is 2.40. The van der Waals surface area contributed by atoms with E-state index < -0.39 is 11.5 Å². The third kappa shape index (κ3) is 3.77. The molecule has 1 saturated carbocycles. The van der Waals surface area contributed by atoms with Gasteiger partial charge in [0.25, 0.3) is 5.91 Å². The number of nitrogens with zero attached hydrogens (tertiary/aromatic N) is 1. The number of likely N-dealkylation sites (tertiary alicyclic amines) is 1. The lowest BCUT2D eigenvalue weighted by Gasteiger charge is -2.22. The van der Waals surface area contributed by atoms with E-state index in [1.807, 2.05) is 18.2 Å². The molecule has 2 saturated heterocycles. The van der Waals surface area contributed by atoms with Gasteiger partial charge in [0, 0.05) is 24.7 Å². The predicted octanol–water partition coefficient (Wildman–Crippen LogP) is 2.25. The van der Waals surface area contributed by atoms with Crippen LogP contribution in [-0.2, 0) is 9.59 Å². The van der Waals surface area contributed by atoms with Crippen molar-refractivity contribution in [2.75, 3.05) is 13.1 Å². The van der Waals surface area contributed by atoms with E-state index in [9.17, 15) is 14.4 Å². The van der Waals surface area contributed by atoms with Crippen molar-refractivity contribution in [3.63, 3.8) is 0 Å². The fourth-order valence-corrected chi connectivity index (χ4v) is 4.89. The molecule has 28 heavy (non-hydrogen) atoms. The van der Waals surface area contributed by atoms with Crippen LogP contribution in [0.5, 0.6) is 0 Å². The van der Waals surface area contributed by atoms with Gasteiger partial charge in [-0.2, -0.15) is 0 Å². The van der Waals surface area contributed by atoms with Gasteiger partial charge in [0.05, 0.1) is 5.41 Å². The van der Waals surface area contributed by atoms with Gasteiger partial charge in [-0.15, -0.1) is 0 Å². The fourth-order valence-electron chi connectivity index (χ4n) is 4.89. The smallest absolute Gasteiger partial charge is 0.253 e. The molecule has 2 N–H and O–H groups in total. The van der Waals surface area contributed by atoms with Crippen LogP contribution in [0.1, 0.15) is 61.7 Å². The summed E-state index contributed by atoms with van der Waals surface area (Å²) in [7, 11) is 0. The Labute approximate surface area is 166 Å². The van der Waals surface area contributed by atoms with Crippen LogP contribution in [0.4, 0.5) is 0 Å². The Morgan fingerprint density at radius 2 is 1.79 bits per heavy atom. The molecule has 1 aromatic carbocycles. The molecule has 2 aliphatic heterocycles. The Hall–Kier alpha value is -2.37. The molecule has 3 aliphatic rings. The van der Waals surface area contributed by atoms with Crippen molar-refractivity contribution >= 4 is 17.7 Å². The Morgan fingerprint density at radius 1 is 1.07 bits per heavy atom. The zero-order valence-electron chi connectivity index (χ0n) is 16.3.